The SMILES string of the molecule is COCCOCCCN1CCCNC(C2CC2)C1. The molecule has 0 aromatic heterocycles. The van der Waals surface area contributed by atoms with Crippen molar-refractivity contribution in [1.29, 1.82) is 0 Å². The molecule has 18 heavy (non-hydrogen) atoms. The third kappa shape index (κ3) is 5.22. The minimum absolute atomic E-state index is 0.706. The zero-order valence-electron chi connectivity index (χ0n) is 11.7. The van der Waals surface area contributed by atoms with E-state index >= 15 is 0 Å². The van der Waals surface area contributed by atoms with Gasteiger partial charge in [0.05, 0.1) is 13.2 Å². The molecule has 106 valence electrons. The minimum atomic E-state index is 0.706. The van der Waals surface area contributed by atoms with Crippen molar-refractivity contribution in [1.82, 2.24) is 10.2 Å². The molecule has 1 atom stereocenters. The number of rotatable bonds is 8. The Labute approximate surface area is 111 Å². The summed E-state index contributed by atoms with van der Waals surface area (Å²) < 4.78 is 10.5. The van der Waals surface area contributed by atoms with E-state index in [1.807, 2.05) is 0 Å². The van der Waals surface area contributed by atoms with Crippen LogP contribution in [-0.4, -0.2) is 64.1 Å². The second-order valence-electron chi connectivity index (χ2n) is 5.51. The summed E-state index contributed by atoms with van der Waals surface area (Å²) in [6.45, 7) is 7.15. The lowest BCUT2D eigenvalue weighted by Crippen LogP contribution is -2.39. The summed E-state index contributed by atoms with van der Waals surface area (Å²) in [6, 6.07) is 0.752. The van der Waals surface area contributed by atoms with Crippen molar-refractivity contribution in [3.8, 4) is 0 Å². The highest BCUT2D eigenvalue weighted by Crippen LogP contribution is 2.33. The van der Waals surface area contributed by atoms with Gasteiger partial charge in [0.15, 0.2) is 0 Å². The fourth-order valence-electron chi connectivity index (χ4n) is 2.68. The first kappa shape index (κ1) is 14.3. The summed E-state index contributed by atoms with van der Waals surface area (Å²) in [5, 5.41) is 3.70. The average molecular weight is 256 g/mol. The molecule has 0 spiro atoms. The second kappa shape index (κ2) is 8.10. The molecule has 1 N–H and O–H groups in total. The summed E-state index contributed by atoms with van der Waals surface area (Å²) in [5.74, 6) is 0.962. The topological polar surface area (TPSA) is 33.7 Å². The van der Waals surface area contributed by atoms with Crippen molar-refractivity contribution < 1.29 is 9.47 Å². The van der Waals surface area contributed by atoms with Gasteiger partial charge in [-0.3, -0.25) is 0 Å². The first-order valence-corrected chi connectivity index (χ1v) is 7.42. The molecule has 1 aliphatic heterocycles. The molecule has 0 radical (unpaired) electrons. The van der Waals surface area contributed by atoms with Crippen LogP contribution >= 0.6 is 0 Å². The molecule has 4 heteroatoms. The number of methoxy groups -OCH3 is 1. The zero-order valence-corrected chi connectivity index (χ0v) is 11.7. The Balaban J connectivity index is 1.56. The van der Waals surface area contributed by atoms with Crippen molar-refractivity contribution in [3.05, 3.63) is 0 Å². The lowest BCUT2D eigenvalue weighted by Gasteiger charge is -2.24. The maximum Gasteiger partial charge on any atom is 0.0700 e. The first-order valence-electron chi connectivity index (χ1n) is 7.42. The van der Waals surface area contributed by atoms with Crippen LogP contribution in [0.25, 0.3) is 0 Å². The highest BCUT2D eigenvalue weighted by Gasteiger charge is 2.32. The van der Waals surface area contributed by atoms with Crippen LogP contribution in [0, 0.1) is 5.92 Å². The lowest BCUT2D eigenvalue weighted by molar-refractivity contribution is 0.0650. The molecule has 1 saturated carbocycles. The predicted molar refractivity (Wildman–Crippen MR) is 72.9 cm³/mol. The minimum Gasteiger partial charge on any atom is -0.382 e. The van der Waals surface area contributed by atoms with Crippen molar-refractivity contribution in [2.24, 2.45) is 5.92 Å². The van der Waals surface area contributed by atoms with Crippen molar-refractivity contribution >= 4 is 0 Å². The Morgan fingerprint density at radius 2 is 2.11 bits per heavy atom. The van der Waals surface area contributed by atoms with Crippen LogP contribution in [0.1, 0.15) is 25.7 Å². The summed E-state index contributed by atoms with van der Waals surface area (Å²) in [6.07, 6.45) is 5.30. The standard InChI is InChI=1S/C14H28N2O2/c1-17-10-11-18-9-3-8-16-7-2-6-15-14(12-16)13-4-5-13/h13-15H,2-12H2,1H3. The van der Waals surface area contributed by atoms with E-state index in [0.29, 0.717) is 6.61 Å². The van der Waals surface area contributed by atoms with Gasteiger partial charge in [0.1, 0.15) is 0 Å². The highest BCUT2D eigenvalue weighted by molar-refractivity contribution is 4.89. The third-order valence-corrected chi connectivity index (χ3v) is 3.90. The van der Waals surface area contributed by atoms with Gasteiger partial charge in [-0.2, -0.15) is 0 Å². The fourth-order valence-corrected chi connectivity index (χ4v) is 2.68. The monoisotopic (exact) mass is 256 g/mol. The van der Waals surface area contributed by atoms with Gasteiger partial charge in [-0.05, 0) is 44.7 Å². The van der Waals surface area contributed by atoms with Crippen LogP contribution in [0.5, 0.6) is 0 Å². The number of ether oxygens (including phenoxy) is 2. The number of nitrogens with zero attached hydrogens (tertiary/aromatic N) is 1. The Morgan fingerprint density at radius 1 is 1.22 bits per heavy atom. The second-order valence-corrected chi connectivity index (χ2v) is 5.51. The smallest absolute Gasteiger partial charge is 0.0700 e. The van der Waals surface area contributed by atoms with E-state index < -0.39 is 0 Å². The molecule has 4 nitrogen and oxygen atoms in total. The van der Waals surface area contributed by atoms with Gasteiger partial charge in [-0.25, -0.2) is 0 Å². The molecule has 1 unspecified atom stereocenters. The summed E-state index contributed by atoms with van der Waals surface area (Å²) in [4.78, 5) is 2.61. The normalized spacial score (nSPS) is 26.2. The van der Waals surface area contributed by atoms with Crippen LogP contribution < -0.4 is 5.32 Å². The maximum atomic E-state index is 5.52. The summed E-state index contributed by atoms with van der Waals surface area (Å²) in [7, 11) is 1.71. The van der Waals surface area contributed by atoms with E-state index in [4.69, 9.17) is 9.47 Å². The average Bonchev–Trinajstić information content (AvgIpc) is 3.19. The molecule has 2 aliphatic rings. The molecule has 0 bridgehead atoms. The quantitative estimate of drug-likeness (QED) is 0.660. The number of nitrogens with one attached hydrogen (secondary N) is 1. The van der Waals surface area contributed by atoms with Gasteiger partial charge >= 0.3 is 0 Å². The van der Waals surface area contributed by atoms with Gasteiger partial charge in [-0.1, -0.05) is 0 Å². The Bertz CT molecular complexity index is 222. The molecule has 1 heterocycles. The summed E-state index contributed by atoms with van der Waals surface area (Å²) in [5.41, 5.74) is 0. The molecule has 0 aromatic carbocycles. The molecule has 1 aliphatic carbocycles. The Kier molecular flexibility index (Phi) is 6.41. The summed E-state index contributed by atoms with van der Waals surface area (Å²) >= 11 is 0. The van der Waals surface area contributed by atoms with Crippen molar-refractivity contribution in [2.75, 3.05) is 53.1 Å². The van der Waals surface area contributed by atoms with Crippen molar-refractivity contribution in [3.63, 3.8) is 0 Å². The van der Waals surface area contributed by atoms with Gasteiger partial charge in [-0.15, -0.1) is 0 Å². The van der Waals surface area contributed by atoms with Gasteiger partial charge in [0, 0.05) is 32.8 Å². The Morgan fingerprint density at radius 3 is 2.89 bits per heavy atom. The zero-order chi connectivity index (χ0) is 12.6. The van der Waals surface area contributed by atoms with Gasteiger partial charge < -0.3 is 19.7 Å². The van der Waals surface area contributed by atoms with E-state index in [9.17, 15) is 0 Å². The van der Waals surface area contributed by atoms with E-state index in [1.54, 1.807) is 7.11 Å². The van der Waals surface area contributed by atoms with Crippen LogP contribution in [0.3, 0.4) is 0 Å². The van der Waals surface area contributed by atoms with Crippen LogP contribution in [-0.2, 0) is 9.47 Å². The van der Waals surface area contributed by atoms with E-state index in [2.05, 4.69) is 10.2 Å². The molecular formula is C14H28N2O2. The lowest BCUT2D eigenvalue weighted by atomic mass is 10.2. The molecule has 2 rings (SSSR count). The molecular weight excluding hydrogens is 228 g/mol. The number of hydrogen-bond acceptors (Lipinski definition) is 4. The van der Waals surface area contributed by atoms with Gasteiger partial charge in [0.25, 0.3) is 0 Å². The molecule has 0 aromatic rings. The highest BCUT2D eigenvalue weighted by atomic mass is 16.5. The first-order chi connectivity index (χ1) is 8.90. The van der Waals surface area contributed by atoms with E-state index in [0.717, 1.165) is 31.6 Å². The maximum absolute atomic E-state index is 5.52. The molecule has 0 amide bonds. The molecule has 1 saturated heterocycles. The van der Waals surface area contributed by atoms with Crippen molar-refractivity contribution in [2.45, 2.75) is 31.7 Å². The van der Waals surface area contributed by atoms with Crippen LogP contribution in [0.4, 0.5) is 0 Å². The van der Waals surface area contributed by atoms with E-state index in [1.165, 1.54) is 45.4 Å². The largest absolute Gasteiger partial charge is 0.382 e. The molecule has 2 fully saturated rings. The third-order valence-electron chi connectivity index (χ3n) is 3.90. The van der Waals surface area contributed by atoms with Gasteiger partial charge in [0.2, 0.25) is 0 Å². The van der Waals surface area contributed by atoms with E-state index in [-0.39, 0.29) is 0 Å². The Hall–Kier alpha value is -0.160. The fraction of sp³-hybridized carbons (Fsp3) is 1.00. The predicted octanol–water partition coefficient (Wildman–Crippen LogP) is 1.11. The van der Waals surface area contributed by atoms with Crippen LogP contribution in [0.15, 0.2) is 0 Å². The van der Waals surface area contributed by atoms with Crippen LogP contribution in [0.2, 0.25) is 0 Å². The number of hydrogen-bond donors (Lipinski definition) is 1.